The Kier molecular flexibility index (Phi) is 9.30. The first-order chi connectivity index (χ1) is 25.9. The van der Waals surface area contributed by atoms with E-state index in [4.69, 9.17) is 18.6 Å². The van der Waals surface area contributed by atoms with Crippen LogP contribution in [-0.4, -0.2) is 41.2 Å². The summed E-state index contributed by atoms with van der Waals surface area (Å²) in [5.74, 6) is -0.334. The lowest BCUT2D eigenvalue weighted by molar-refractivity contribution is -0.117. The lowest BCUT2D eigenvalue weighted by Gasteiger charge is -2.24. The van der Waals surface area contributed by atoms with Gasteiger partial charge in [-0.25, -0.2) is 0 Å². The van der Waals surface area contributed by atoms with Gasteiger partial charge in [0.05, 0.1) is 25.8 Å². The zero-order valence-electron chi connectivity index (χ0n) is 28.5. The maximum Gasteiger partial charge on any atom is 0.296 e. The van der Waals surface area contributed by atoms with Crippen molar-refractivity contribution in [1.82, 2.24) is 10.2 Å². The van der Waals surface area contributed by atoms with Crippen molar-refractivity contribution < 1.29 is 33.3 Å². The third kappa shape index (κ3) is 6.47. The summed E-state index contributed by atoms with van der Waals surface area (Å²) in [5.41, 5.74) is 2.78. The Morgan fingerprint density at radius 1 is 0.849 bits per heavy atom. The first-order valence-electron chi connectivity index (χ1n) is 16.6. The van der Waals surface area contributed by atoms with Gasteiger partial charge in [0.1, 0.15) is 6.61 Å². The molecule has 1 aliphatic heterocycles. The molecule has 7 aromatic rings. The van der Waals surface area contributed by atoms with Crippen LogP contribution in [0.15, 0.2) is 135 Å². The van der Waals surface area contributed by atoms with Gasteiger partial charge in [-0.2, -0.15) is 0 Å². The Morgan fingerprint density at radius 2 is 1.60 bits per heavy atom. The molecule has 12 heteroatoms. The van der Waals surface area contributed by atoms with Crippen molar-refractivity contribution in [3.8, 4) is 17.2 Å². The van der Waals surface area contributed by atoms with Gasteiger partial charge in [-0.1, -0.05) is 114 Å². The van der Waals surface area contributed by atoms with Crippen LogP contribution in [-0.2, 0) is 17.2 Å². The second-order valence-corrected chi connectivity index (χ2v) is 14.3. The summed E-state index contributed by atoms with van der Waals surface area (Å²) in [4.78, 5) is 29.7. The van der Waals surface area contributed by atoms with E-state index in [0.717, 1.165) is 21.9 Å². The SMILES string of the molecule is COc1cc(C2C(C(=O)c3cc4cccc(OC)c4o3)=C(O)C(=O)N2c2nnc(SCc3cccc4ccccc34)s2)ccc1OCc1ccccc1. The molecule has 0 saturated heterocycles. The standard InChI is InChI=1S/C41H31N3O7S2/c1-48-31-17-9-14-27-21-33(51-38(27)31)36(45)34-35(26-18-19-30(32(20-26)49-2)50-22-24-10-4-3-5-11-24)44(39(47)37(34)46)40-42-43-41(53-40)52-23-28-15-8-13-25-12-6-7-16-29(25)28/h3-21,35,46H,22-23H2,1-2H3. The van der Waals surface area contributed by atoms with E-state index in [1.54, 1.807) is 42.5 Å². The van der Waals surface area contributed by atoms with E-state index in [9.17, 15) is 14.7 Å². The fourth-order valence-electron chi connectivity index (χ4n) is 6.42. The quantitative estimate of drug-likeness (QED) is 0.0737. The van der Waals surface area contributed by atoms with E-state index in [0.29, 0.717) is 50.5 Å². The lowest BCUT2D eigenvalue weighted by Crippen LogP contribution is -2.31. The van der Waals surface area contributed by atoms with Crippen LogP contribution in [0.2, 0.25) is 0 Å². The molecule has 3 heterocycles. The molecule has 0 radical (unpaired) electrons. The third-order valence-electron chi connectivity index (χ3n) is 8.98. The summed E-state index contributed by atoms with van der Waals surface area (Å²) in [5, 5.41) is 23.4. The highest BCUT2D eigenvalue weighted by atomic mass is 32.2. The molecular weight excluding hydrogens is 711 g/mol. The number of aliphatic hydroxyl groups excluding tert-OH is 1. The molecule has 10 nitrogen and oxygen atoms in total. The van der Waals surface area contributed by atoms with Gasteiger partial charge >= 0.3 is 0 Å². The number of hydrogen-bond acceptors (Lipinski definition) is 11. The van der Waals surface area contributed by atoms with Crippen molar-refractivity contribution in [2.45, 2.75) is 22.7 Å². The molecule has 1 amide bonds. The molecule has 1 unspecified atom stereocenters. The van der Waals surface area contributed by atoms with Crippen molar-refractivity contribution in [3.63, 3.8) is 0 Å². The molecule has 264 valence electrons. The molecule has 53 heavy (non-hydrogen) atoms. The summed E-state index contributed by atoms with van der Waals surface area (Å²) in [6.45, 7) is 0.300. The predicted molar refractivity (Wildman–Crippen MR) is 204 cm³/mol. The smallest absolute Gasteiger partial charge is 0.296 e. The van der Waals surface area contributed by atoms with Gasteiger partial charge in [-0.05, 0) is 51.7 Å². The molecule has 1 atom stereocenters. The third-order valence-corrected chi connectivity index (χ3v) is 11.1. The molecule has 5 aromatic carbocycles. The lowest BCUT2D eigenvalue weighted by atomic mass is 9.95. The summed E-state index contributed by atoms with van der Waals surface area (Å²) in [6, 6.07) is 34.9. The number of carbonyl (C=O) groups is 2. The summed E-state index contributed by atoms with van der Waals surface area (Å²) < 4.78 is 23.9. The molecule has 0 spiro atoms. The number of fused-ring (bicyclic) bond motifs is 2. The molecule has 0 bridgehead atoms. The van der Waals surface area contributed by atoms with Crippen molar-refractivity contribution in [2.24, 2.45) is 0 Å². The zero-order valence-corrected chi connectivity index (χ0v) is 30.1. The van der Waals surface area contributed by atoms with Gasteiger partial charge in [0.15, 0.2) is 38.7 Å². The monoisotopic (exact) mass is 741 g/mol. The van der Waals surface area contributed by atoms with E-state index >= 15 is 0 Å². The van der Waals surface area contributed by atoms with Crippen LogP contribution in [0, 0.1) is 0 Å². The Balaban J connectivity index is 1.15. The number of ether oxygens (including phenoxy) is 3. The number of furan rings is 1. The van der Waals surface area contributed by atoms with E-state index in [2.05, 4.69) is 34.5 Å². The van der Waals surface area contributed by atoms with Gasteiger partial charge in [0, 0.05) is 11.1 Å². The van der Waals surface area contributed by atoms with Gasteiger partial charge in [0.2, 0.25) is 10.9 Å². The molecule has 0 fully saturated rings. The van der Waals surface area contributed by atoms with Gasteiger partial charge in [0.25, 0.3) is 5.91 Å². The van der Waals surface area contributed by atoms with Crippen molar-refractivity contribution in [1.29, 1.82) is 0 Å². The fraction of sp³-hybridized carbons (Fsp3) is 0.122. The number of rotatable bonds is 12. The number of anilines is 1. The van der Waals surface area contributed by atoms with Crippen LogP contribution in [0.25, 0.3) is 21.7 Å². The highest BCUT2D eigenvalue weighted by Gasteiger charge is 2.47. The van der Waals surface area contributed by atoms with Crippen LogP contribution in [0.1, 0.15) is 33.3 Å². The Labute approximate surface area is 312 Å². The highest BCUT2D eigenvalue weighted by Crippen LogP contribution is 2.46. The van der Waals surface area contributed by atoms with E-state index in [1.165, 1.54) is 42.2 Å². The molecule has 1 aliphatic rings. The number of amides is 1. The largest absolute Gasteiger partial charge is 0.503 e. The average molecular weight is 742 g/mol. The van der Waals surface area contributed by atoms with Crippen LogP contribution in [0.4, 0.5) is 5.13 Å². The number of aromatic nitrogens is 2. The second-order valence-electron chi connectivity index (χ2n) is 12.1. The highest BCUT2D eigenvalue weighted by molar-refractivity contribution is 8.00. The number of ketones is 1. The molecule has 1 N–H and O–H groups in total. The molecule has 2 aromatic heterocycles. The first-order valence-corrected chi connectivity index (χ1v) is 18.4. The zero-order chi connectivity index (χ0) is 36.5. The number of nitrogens with zero attached hydrogens (tertiary/aromatic N) is 3. The number of hydrogen-bond donors (Lipinski definition) is 1. The summed E-state index contributed by atoms with van der Waals surface area (Å²) in [7, 11) is 3.02. The number of thioether (sulfide) groups is 1. The molecule has 0 saturated carbocycles. The Morgan fingerprint density at radius 3 is 2.43 bits per heavy atom. The fourth-order valence-corrected chi connectivity index (χ4v) is 8.29. The average Bonchev–Trinajstić information content (AvgIpc) is 3.92. The number of methoxy groups -OCH3 is 2. The van der Waals surface area contributed by atoms with Crippen molar-refractivity contribution in [2.75, 3.05) is 19.1 Å². The maximum absolute atomic E-state index is 14.4. The second kappa shape index (κ2) is 14.5. The van der Waals surface area contributed by atoms with Crippen LogP contribution >= 0.6 is 23.1 Å². The molecule has 0 aliphatic carbocycles. The predicted octanol–water partition coefficient (Wildman–Crippen LogP) is 9.11. The summed E-state index contributed by atoms with van der Waals surface area (Å²) in [6.07, 6.45) is 0. The number of Topliss-reactive ketones (excluding diaryl/α,β-unsaturated/α-hetero) is 1. The number of benzene rings is 5. The Hall–Kier alpha value is -6.11. The number of para-hydroxylation sites is 1. The number of carbonyl (C=O) groups excluding carboxylic acids is 2. The Bertz CT molecular complexity index is 2520. The normalized spacial score (nSPS) is 14.3. The van der Waals surface area contributed by atoms with Crippen molar-refractivity contribution >= 4 is 61.7 Å². The first kappa shape index (κ1) is 34.0. The minimum Gasteiger partial charge on any atom is -0.503 e. The van der Waals surface area contributed by atoms with Crippen LogP contribution in [0.5, 0.6) is 17.2 Å². The maximum atomic E-state index is 14.4. The number of aliphatic hydroxyl groups is 1. The van der Waals surface area contributed by atoms with E-state index < -0.39 is 23.5 Å². The van der Waals surface area contributed by atoms with Crippen LogP contribution in [0.3, 0.4) is 0 Å². The van der Waals surface area contributed by atoms with Crippen molar-refractivity contribution in [3.05, 3.63) is 149 Å². The molecule has 8 rings (SSSR count). The minimum atomic E-state index is -1.11. The van der Waals surface area contributed by atoms with Gasteiger partial charge in [-0.15, -0.1) is 10.2 Å². The van der Waals surface area contributed by atoms with Gasteiger partial charge in [-0.3, -0.25) is 14.5 Å². The summed E-state index contributed by atoms with van der Waals surface area (Å²) >= 11 is 2.69. The van der Waals surface area contributed by atoms with E-state index in [1.807, 2.05) is 48.5 Å². The van der Waals surface area contributed by atoms with Gasteiger partial charge < -0.3 is 23.7 Å². The van der Waals surface area contributed by atoms with E-state index in [-0.39, 0.29) is 16.5 Å². The topological polar surface area (TPSA) is 124 Å². The van der Waals surface area contributed by atoms with Crippen LogP contribution < -0.4 is 19.1 Å². The molecular formula is C41H31N3O7S2. The minimum absolute atomic E-state index is 0.0657.